The number of thioether (sulfide) groups is 1. The van der Waals surface area contributed by atoms with Crippen LogP contribution in [0.2, 0.25) is 10.0 Å². The summed E-state index contributed by atoms with van der Waals surface area (Å²) < 4.78 is 5.36. The lowest BCUT2D eigenvalue weighted by molar-refractivity contribution is 0.0238. The molecule has 0 saturated carbocycles. The molecule has 5 nitrogen and oxygen atoms in total. The van der Waals surface area contributed by atoms with E-state index in [0.29, 0.717) is 22.8 Å². The average molecular weight is 550 g/mol. The Balaban J connectivity index is 1.29. The quantitative estimate of drug-likeness (QED) is 0.207. The zero-order chi connectivity index (χ0) is 25.5. The third-order valence-electron chi connectivity index (χ3n) is 7.30. The molecule has 0 radical (unpaired) electrons. The second-order valence-electron chi connectivity index (χ2n) is 9.61. The van der Waals surface area contributed by atoms with Crippen molar-refractivity contribution in [2.24, 2.45) is 5.41 Å². The molecule has 1 aromatic heterocycles. The van der Waals surface area contributed by atoms with Gasteiger partial charge in [-0.3, -0.25) is 4.98 Å². The summed E-state index contributed by atoms with van der Waals surface area (Å²) in [6, 6.07) is 13.6. The molecule has 0 amide bonds. The Kier molecular flexibility index (Phi) is 9.78. The van der Waals surface area contributed by atoms with Crippen molar-refractivity contribution in [3.05, 3.63) is 64.3 Å². The molecule has 1 fully saturated rings. The molecule has 0 bridgehead atoms. The summed E-state index contributed by atoms with van der Waals surface area (Å²) in [7, 11) is 1.62. The van der Waals surface area contributed by atoms with Crippen LogP contribution in [0.4, 0.5) is 0 Å². The van der Waals surface area contributed by atoms with E-state index >= 15 is 0 Å². The maximum absolute atomic E-state index is 11.2. The second kappa shape index (κ2) is 12.8. The predicted octanol–water partition coefficient (Wildman–Crippen LogP) is 6.62. The summed E-state index contributed by atoms with van der Waals surface area (Å²) >= 11 is 14.3. The highest BCUT2D eigenvalue weighted by Gasteiger charge is 2.34. The monoisotopic (exact) mass is 548 g/mol. The summed E-state index contributed by atoms with van der Waals surface area (Å²) in [5, 5.41) is 23.5. The first-order chi connectivity index (χ1) is 17.4. The van der Waals surface area contributed by atoms with Crippen molar-refractivity contribution in [2.75, 3.05) is 39.1 Å². The molecule has 8 heteroatoms. The Labute approximate surface area is 227 Å². The molecule has 2 N–H and O–H groups in total. The number of nitrogens with zero attached hydrogens (tertiary/aromatic N) is 2. The van der Waals surface area contributed by atoms with Crippen molar-refractivity contribution in [3.63, 3.8) is 0 Å². The van der Waals surface area contributed by atoms with Gasteiger partial charge < -0.3 is 19.8 Å². The van der Waals surface area contributed by atoms with Crippen LogP contribution >= 0.6 is 35.0 Å². The molecule has 2 heterocycles. The number of fused-ring (bicyclic) bond motifs is 1. The van der Waals surface area contributed by atoms with Crippen LogP contribution in [0.25, 0.3) is 10.9 Å². The van der Waals surface area contributed by atoms with Gasteiger partial charge in [-0.2, -0.15) is 0 Å². The fourth-order valence-corrected chi connectivity index (χ4v) is 6.21. The molecule has 2 aromatic carbocycles. The fourth-order valence-electron chi connectivity index (χ4n) is 4.97. The highest BCUT2D eigenvalue weighted by Crippen LogP contribution is 2.40. The minimum atomic E-state index is -0.735. The van der Waals surface area contributed by atoms with E-state index < -0.39 is 6.10 Å². The van der Waals surface area contributed by atoms with Crippen LogP contribution in [-0.2, 0) is 0 Å². The molecule has 0 unspecified atom stereocenters. The number of pyridine rings is 1. The number of aliphatic hydroxyl groups is 2. The van der Waals surface area contributed by atoms with Gasteiger partial charge in [0.05, 0.1) is 23.8 Å². The van der Waals surface area contributed by atoms with Crippen LogP contribution in [0.1, 0.15) is 43.8 Å². The van der Waals surface area contributed by atoms with Crippen LogP contribution in [0.15, 0.2) is 53.6 Å². The maximum Gasteiger partial charge on any atom is 0.119 e. The van der Waals surface area contributed by atoms with Gasteiger partial charge in [0.15, 0.2) is 0 Å². The maximum atomic E-state index is 11.2. The molecule has 194 valence electrons. The van der Waals surface area contributed by atoms with E-state index in [2.05, 4.69) is 22.0 Å². The van der Waals surface area contributed by atoms with Crippen LogP contribution < -0.4 is 4.74 Å². The summed E-state index contributed by atoms with van der Waals surface area (Å²) in [4.78, 5) is 8.13. The van der Waals surface area contributed by atoms with Gasteiger partial charge in [-0.15, -0.1) is 11.8 Å². The van der Waals surface area contributed by atoms with E-state index in [1.165, 1.54) is 4.90 Å². The minimum absolute atomic E-state index is 0.138. The summed E-state index contributed by atoms with van der Waals surface area (Å²) in [6.07, 6.45) is 5.12. The SMILES string of the molecule is COc1ccc2ncc(Cl)c([C@@H](O)CCC3(CO)CCN(CCCSc4ccc(Cl)cc4)CC3)c2c1. The number of methoxy groups -OCH3 is 1. The molecular weight excluding hydrogens is 515 g/mol. The molecule has 0 aliphatic carbocycles. The van der Waals surface area contributed by atoms with Gasteiger partial charge in [0.2, 0.25) is 0 Å². The Hall–Kier alpha value is -1.54. The molecule has 0 spiro atoms. The van der Waals surface area contributed by atoms with Crippen molar-refractivity contribution in [2.45, 2.75) is 43.1 Å². The highest BCUT2D eigenvalue weighted by molar-refractivity contribution is 7.99. The van der Waals surface area contributed by atoms with E-state index in [1.54, 1.807) is 13.3 Å². The minimum Gasteiger partial charge on any atom is -0.497 e. The summed E-state index contributed by atoms with van der Waals surface area (Å²) in [5.41, 5.74) is 1.29. The van der Waals surface area contributed by atoms with Gasteiger partial charge >= 0.3 is 0 Å². The van der Waals surface area contributed by atoms with Crippen molar-refractivity contribution in [1.82, 2.24) is 9.88 Å². The predicted molar refractivity (Wildman–Crippen MR) is 149 cm³/mol. The molecule has 4 rings (SSSR count). The molecule has 1 aliphatic heterocycles. The first kappa shape index (κ1) is 27.5. The number of hydrogen-bond donors (Lipinski definition) is 2. The van der Waals surface area contributed by atoms with Gasteiger partial charge in [0, 0.05) is 33.7 Å². The molecule has 1 aliphatic rings. The van der Waals surface area contributed by atoms with Crippen molar-refractivity contribution >= 4 is 45.9 Å². The number of halogens is 2. The number of ether oxygens (including phenoxy) is 1. The fraction of sp³-hybridized carbons (Fsp3) is 0.464. The van der Waals surface area contributed by atoms with Gasteiger partial charge in [-0.1, -0.05) is 23.2 Å². The van der Waals surface area contributed by atoms with Gasteiger partial charge in [-0.05, 0) is 105 Å². The van der Waals surface area contributed by atoms with Crippen molar-refractivity contribution in [3.8, 4) is 5.75 Å². The third-order valence-corrected chi connectivity index (χ3v) is 8.95. The molecule has 36 heavy (non-hydrogen) atoms. The lowest BCUT2D eigenvalue weighted by Gasteiger charge is -2.41. The molecule has 3 aromatic rings. The number of aliphatic hydroxyl groups excluding tert-OH is 2. The van der Waals surface area contributed by atoms with E-state index in [4.69, 9.17) is 27.9 Å². The van der Waals surface area contributed by atoms with Crippen molar-refractivity contribution in [1.29, 1.82) is 0 Å². The van der Waals surface area contributed by atoms with Crippen LogP contribution in [0, 0.1) is 5.41 Å². The lowest BCUT2D eigenvalue weighted by Crippen LogP contribution is -2.42. The smallest absolute Gasteiger partial charge is 0.119 e. The molecule has 1 atom stereocenters. The molecule has 1 saturated heterocycles. The van der Waals surface area contributed by atoms with E-state index in [-0.39, 0.29) is 12.0 Å². The first-order valence-corrected chi connectivity index (χ1v) is 14.2. The van der Waals surface area contributed by atoms with Crippen molar-refractivity contribution < 1.29 is 14.9 Å². The molecular formula is C28H34Cl2N2O3S. The number of aromatic nitrogens is 1. The normalized spacial score (nSPS) is 16.8. The summed E-state index contributed by atoms with van der Waals surface area (Å²) in [6.45, 7) is 3.14. The van der Waals surface area contributed by atoms with E-state index in [0.717, 1.165) is 67.0 Å². The van der Waals surface area contributed by atoms with Crippen LogP contribution in [0.3, 0.4) is 0 Å². The average Bonchev–Trinajstić information content (AvgIpc) is 2.91. The number of rotatable bonds is 11. The number of benzene rings is 2. The van der Waals surface area contributed by atoms with Crippen LogP contribution in [-0.4, -0.2) is 59.2 Å². The van der Waals surface area contributed by atoms with Gasteiger partial charge in [0.25, 0.3) is 0 Å². The Morgan fingerprint density at radius 1 is 1.14 bits per heavy atom. The van der Waals surface area contributed by atoms with Gasteiger partial charge in [-0.25, -0.2) is 0 Å². The van der Waals surface area contributed by atoms with E-state index in [9.17, 15) is 10.2 Å². The zero-order valence-electron chi connectivity index (χ0n) is 20.6. The summed E-state index contributed by atoms with van der Waals surface area (Å²) in [5.74, 6) is 1.77. The zero-order valence-corrected chi connectivity index (χ0v) is 23.0. The topological polar surface area (TPSA) is 65.8 Å². The lowest BCUT2D eigenvalue weighted by atomic mass is 9.74. The van der Waals surface area contributed by atoms with Crippen LogP contribution in [0.5, 0.6) is 5.75 Å². The standard InChI is InChI=1S/C28H34Cl2N2O3S/c1-35-21-5-8-25-23(17-21)27(24(30)18-31-25)26(34)9-10-28(19-33)11-14-32(15-12-28)13-2-16-36-22-6-3-20(29)4-7-22/h3-8,17-18,26,33-34H,2,9-16,19H2,1H3/t26-/m0/s1. The third kappa shape index (κ3) is 6.85. The Morgan fingerprint density at radius 2 is 1.89 bits per heavy atom. The number of piperidine rings is 1. The Bertz CT molecular complexity index is 1140. The number of hydrogen-bond acceptors (Lipinski definition) is 6. The van der Waals surface area contributed by atoms with Gasteiger partial charge in [0.1, 0.15) is 5.75 Å². The number of likely N-dealkylation sites (tertiary alicyclic amines) is 1. The Morgan fingerprint density at radius 3 is 2.58 bits per heavy atom. The first-order valence-electron chi connectivity index (χ1n) is 12.4. The highest BCUT2D eigenvalue weighted by atomic mass is 35.5. The second-order valence-corrected chi connectivity index (χ2v) is 11.6. The van der Waals surface area contributed by atoms with E-state index in [1.807, 2.05) is 42.1 Å². The largest absolute Gasteiger partial charge is 0.497 e.